The number of benzene rings is 2. The topological polar surface area (TPSA) is 77.3 Å². The zero-order chi connectivity index (χ0) is 20.3. The Morgan fingerprint density at radius 2 is 1.75 bits per heavy atom. The molecule has 0 aliphatic rings. The molecule has 1 amide bonds. The van der Waals surface area contributed by atoms with E-state index in [2.05, 4.69) is 10.2 Å². The number of amides is 1. The van der Waals surface area contributed by atoms with Crippen molar-refractivity contribution in [3.63, 3.8) is 0 Å². The van der Waals surface area contributed by atoms with Gasteiger partial charge in [-0.3, -0.25) is 4.79 Å². The number of esters is 1. The maximum Gasteiger partial charge on any atom is 0.361 e. The number of para-hydroxylation sites is 1. The third-order valence-electron chi connectivity index (χ3n) is 4.39. The quantitative estimate of drug-likeness (QED) is 0.638. The molecule has 0 radical (unpaired) electrons. The number of carbonyl (C=O) groups is 2. The number of carbonyl (C=O) groups excluding carboxylic acids is 2. The maximum absolute atomic E-state index is 12.4. The van der Waals surface area contributed by atoms with Crippen LogP contribution >= 0.6 is 0 Å². The second kappa shape index (κ2) is 8.04. The van der Waals surface area contributed by atoms with E-state index >= 15 is 0 Å². The van der Waals surface area contributed by atoms with Crippen LogP contribution in [0.3, 0.4) is 0 Å². The minimum absolute atomic E-state index is 0.0927. The van der Waals surface area contributed by atoms with Crippen molar-refractivity contribution in [2.75, 3.05) is 18.6 Å². The Bertz CT molecular complexity index is 1010. The Balaban J connectivity index is 1.70. The predicted molar refractivity (Wildman–Crippen MR) is 106 cm³/mol. The highest BCUT2D eigenvalue weighted by Crippen LogP contribution is 2.16. The molecule has 0 fully saturated rings. The van der Waals surface area contributed by atoms with E-state index in [9.17, 15) is 9.59 Å². The summed E-state index contributed by atoms with van der Waals surface area (Å²) < 4.78 is 5.17. The van der Waals surface area contributed by atoms with Crippen LogP contribution in [0, 0.1) is 20.8 Å². The van der Waals surface area contributed by atoms with E-state index in [1.165, 1.54) is 9.70 Å². The Labute approximate surface area is 163 Å². The lowest BCUT2D eigenvalue weighted by Gasteiger charge is -2.16. The van der Waals surface area contributed by atoms with E-state index in [0.717, 1.165) is 22.5 Å². The van der Waals surface area contributed by atoms with Gasteiger partial charge in [0.25, 0.3) is 5.91 Å². The van der Waals surface area contributed by atoms with Crippen molar-refractivity contribution in [2.45, 2.75) is 20.8 Å². The van der Waals surface area contributed by atoms with Crippen LogP contribution in [0.15, 0.2) is 48.5 Å². The normalized spacial score (nSPS) is 10.6. The van der Waals surface area contributed by atoms with Gasteiger partial charge in [0, 0.05) is 12.7 Å². The second-order valence-electron chi connectivity index (χ2n) is 6.58. The smallest absolute Gasteiger partial charge is 0.361 e. The van der Waals surface area contributed by atoms with E-state index in [1.54, 1.807) is 26.1 Å². The first-order valence-corrected chi connectivity index (χ1v) is 8.87. The summed E-state index contributed by atoms with van der Waals surface area (Å²) in [6.07, 6.45) is 0. The number of aryl methyl sites for hydroxylation is 3. The number of nitrogens with zero attached hydrogens (tertiary/aromatic N) is 4. The Kier molecular flexibility index (Phi) is 5.54. The van der Waals surface area contributed by atoms with Crippen LogP contribution in [0.25, 0.3) is 5.69 Å². The Morgan fingerprint density at radius 1 is 1.04 bits per heavy atom. The summed E-state index contributed by atoms with van der Waals surface area (Å²) in [5.74, 6) is -1.01. The third-order valence-corrected chi connectivity index (χ3v) is 4.39. The Morgan fingerprint density at radius 3 is 2.43 bits per heavy atom. The van der Waals surface area contributed by atoms with Crippen molar-refractivity contribution in [1.82, 2.24) is 15.0 Å². The van der Waals surface area contributed by atoms with Crippen LogP contribution in [0.1, 0.15) is 27.3 Å². The average molecular weight is 378 g/mol. The van der Waals surface area contributed by atoms with Gasteiger partial charge in [-0.2, -0.15) is 9.90 Å². The van der Waals surface area contributed by atoms with Gasteiger partial charge in [-0.25, -0.2) is 4.79 Å². The van der Waals surface area contributed by atoms with Crippen LogP contribution < -0.4 is 4.90 Å². The molecule has 0 bridgehead atoms. The van der Waals surface area contributed by atoms with Crippen molar-refractivity contribution >= 4 is 17.6 Å². The van der Waals surface area contributed by atoms with Gasteiger partial charge in [0.1, 0.15) is 0 Å². The summed E-state index contributed by atoms with van der Waals surface area (Å²) in [6, 6.07) is 15.0. The fourth-order valence-electron chi connectivity index (χ4n) is 2.79. The molecular formula is C21H22N4O3. The number of ether oxygens (including phenoxy) is 1. The molecule has 0 saturated heterocycles. The number of rotatable bonds is 5. The van der Waals surface area contributed by atoms with Crippen LogP contribution in [0.4, 0.5) is 5.69 Å². The molecule has 1 heterocycles. The number of anilines is 1. The van der Waals surface area contributed by atoms with Crippen LogP contribution in [0.5, 0.6) is 0 Å². The largest absolute Gasteiger partial charge is 0.451 e. The molecule has 144 valence electrons. The van der Waals surface area contributed by atoms with Crippen LogP contribution in [-0.2, 0) is 9.53 Å². The van der Waals surface area contributed by atoms with E-state index in [1.807, 2.05) is 50.2 Å². The van der Waals surface area contributed by atoms with E-state index < -0.39 is 5.97 Å². The summed E-state index contributed by atoms with van der Waals surface area (Å²) >= 11 is 0. The highest BCUT2D eigenvalue weighted by atomic mass is 16.5. The number of hydrogen-bond donors (Lipinski definition) is 0. The Hall–Kier alpha value is -3.48. The molecule has 0 aliphatic heterocycles. The van der Waals surface area contributed by atoms with E-state index in [4.69, 9.17) is 4.74 Å². The molecule has 7 heteroatoms. The van der Waals surface area contributed by atoms with Crippen molar-refractivity contribution in [1.29, 1.82) is 0 Å². The monoisotopic (exact) mass is 378 g/mol. The lowest BCUT2D eigenvalue weighted by molar-refractivity contribution is -0.121. The van der Waals surface area contributed by atoms with Crippen molar-refractivity contribution in [3.8, 4) is 5.69 Å². The second-order valence-corrected chi connectivity index (χ2v) is 6.58. The zero-order valence-electron chi connectivity index (χ0n) is 16.3. The van der Waals surface area contributed by atoms with Crippen molar-refractivity contribution in [3.05, 3.63) is 71.0 Å². The van der Waals surface area contributed by atoms with Gasteiger partial charge in [0.2, 0.25) is 0 Å². The summed E-state index contributed by atoms with van der Waals surface area (Å²) in [5.41, 5.74) is 4.16. The number of aromatic nitrogens is 3. The lowest BCUT2D eigenvalue weighted by Crippen LogP contribution is -2.31. The SMILES string of the molecule is Cc1ccc(-n2nc(C)c(C(=O)OCC(=O)N(C)c3ccccc3)n2)c(C)c1. The lowest BCUT2D eigenvalue weighted by atomic mass is 10.1. The highest BCUT2D eigenvalue weighted by molar-refractivity contribution is 5.96. The van der Waals surface area contributed by atoms with Gasteiger partial charge in [0.15, 0.2) is 12.3 Å². The van der Waals surface area contributed by atoms with E-state index in [0.29, 0.717) is 5.69 Å². The third kappa shape index (κ3) is 4.09. The molecule has 0 aliphatic carbocycles. The summed E-state index contributed by atoms with van der Waals surface area (Å²) in [4.78, 5) is 27.5. The fourth-order valence-corrected chi connectivity index (χ4v) is 2.79. The predicted octanol–water partition coefficient (Wildman–Crippen LogP) is 3.01. The molecule has 1 aromatic heterocycles. The van der Waals surface area contributed by atoms with Crippen LogP contribution in [0.2, 0.25) is 0 Å². The molecule has 7 nitrogen and oxygen atoms in total. The molecule has 0 atom stereocenters. The molecule has 2 aromatic carbocycles. The maximum atomic E-state index is 12.4. The first kappa shape index (κ1) is 19.3. The standard InChI is InChI=1S/C21H22N4O3/c1-14-10-11-18(15(2)12-14)25-22-16(3)20(23-25)21(27)28-13-19(26)24(4)17-8-6-5-7-9-17/h5-12H,13H2,1-4H3. The van der Waals surface area contributed by atoms with Gasteiger partial charge < -0.3 is 9.64 Å². The van der Waals surface area contributed by atoms with Gasteiger partial charge >= 0.3 is 5.97 Å². The van der Waals surface area contributed by atoms with Gasteiger partial charge in [-0.1, -0.05) is 35.9 Å². The first-order valence-electron chi connectivity index (χ1n) is 8.87. The van der Waals surface area contributed by atoms with Gasteiger partial charge in [-0.15, -0.1) is 5.10 Å². The number of likely N-dealkylation sites (N-methyl/N-ethyl adjacent to an activating group) is 1. The van der Waals surface area contributed by atoms with Gasteiger partial charge in [0.05, 0.1) is 11.4 Å². The molecular weight excluding hydrogens is 356 g/mol. The fraction of sp³-hybridized carbons (Fsp3) is 0.238. The molecule has 0 spiro atoms. The first-order chi connectivity index (χ1) is 13.4. The molecule has 0 N–H and O–H groups in total. The van der Waals surface area contributed by atoms with E-state index in [-0.39, 0.29) is 18.2 Å². The average Bonchev–Trinajstić information content (AvgIpc) is 3.07. The molecule has 3 rings (SSSR count). The zero-order valence-corrected chi connectivity index (χ0v) is 16.3. The number of hydrogen-bond acceptors (Lipinski definition) is 5. The highest BCUT2D eigenvalue weighted by Gasteiger charge is 2.21. The minimum Gasteiger partial charge on any atom is -0.451 e. The summed E-state index contributed by atoms with van der Waals surface area (Å²) in [6.45, 7) is 5.27. The molecule has 0 saturated carbocycles. The molecule has 3 aromatic rings. The van der Waals surface area contributed by atoms with Crippen LogP contribution in [-0.4, -0.2) is 40.5 Å². The summed E-state index contributed by atoms with van der Waals surface area (Å²) in [5, 5.41) is 8.57. The minimum atomic E-state index is -0.677. The summed E-state index contributed by atoms with van der Waals surface area (Å²) in [7, 11) is 1.63. The molecule has 0 unspecified atom stereocenters. The van der Waals surface area contributed by atoms with Gasteiger partial charge in [-0.05, 0) is 44.5 Å². The van der Waals surface area contributed by atoms with Crippen molar-refractivity contribution in [2.24, 2.45) is 0 Å². The van der Waals surface area contributed by atoms with Crippen molar-refractivity contribution < 1.29 is 14.3 Å². The molecule has 28 heavy (non-hydrogen) atoms.